The van der Waals surface area contributed by atoms with Crippen molar-refractivity contribution in [1.29, 1.82) is 0 Å². The molecule has 0 amide bonds. The van der Waals surface area contributed by atoms with Crippen LogP contribution in [0, 0.1) is 11.8 Å². The fraction of sp³-hybridized carbons (Fsp3) is 0.438. The molecule has 6 nitrogen and oxygen atoms in total. The van der Waals surface area contributed by atoms with Crippen LogP contribution in [0.5, 0.6) is 0 Å². The summed E-state index contributed by atoms with van der Waals surface area (Å²) in [6, 6.07) is 7.90. The van der Waals surface area contributed by atoms with E-state index in [0.717, 1.165) is 23.4 Å². The third kappa shape index (κ3) is 3.71. The molecule has 1 fully saturated rings. The molecule has 1 atom stereocenters. The minimum atomic E-state index is -0.186. The molecule has 0 N–H and O–H groups in total. The van der Waals surface area contributed by atoms with Crippen molar-refractivity contribution in [3.8, 4) is 11.5 Å². The average Bonchev–Trinajstić information content (AvgIpc) is 2.95. The first-order valence-electron chi connectivity index (χ1n) is 7.64. The summed E-state index contributed by atoms with van der Waals surface area (Å²) in [7, 11) is 1.42. The van der Waals surface area contributed by atoms with E-state index in [1.165, 1.54) is 7.11 Å². The number of thioether (sulfide) groups is 1. The van der Waals surface area contributed by atoms with E-state index in [9.17, 15) is 4.79 Å². The lowest BCUT2D eigenvalue weighted by molar-refractivity contribution is -0.140. The van der Waals surface area contributed by atoms with Crippen LogP contribution in [0.15, 0.2) is 28.7 Å². The second-order valence-corrected chi connectivity index (χ2v) is 7.25. The molecule has 1 aliphatic rings. The van der Waals surface area contributed by atoms with Crippen LogP contribution in [0.4, 0.5) is 0 Å². The first-order chi connectivity index (χ1) is 11.6. The number of carbonyl (C=O) groups is 1. The zero-order valence-corrected chi connectivity index (χ0v) is 15.2. The SMILES string of the molecule is COC(=O)[C@@H]1CN(Cn2nc(-c3ccccc3C)oc2=S)CCS1. The van der Waals surface area contributed by atoms with Crippen LogP contribution in [0.3, 0.4) is 0 Å². The van der Waals surface area contributed by atoms with Crippen LogP contribution in [0.2, 0.25) is 0 Å². The Morgan fingerprint density at radius 2 is 2.29 bits per heavy atom. The number of ether oxygens (including phenoxy) is 1. The van der Waals surface area contributed by atoms with Crippen molar-refractivity contribution in [2.24, 2.45) is 0 Å². The number of esters is 1. The molecule has 0 radical (unpaired) electrons. The van der Waals surface area contributed by atoms with Crippen molar-refractivity contribution in [2.45, 2.75) is 18.8 Å². The molecular weight excluding hydrogens is 346 g/mol. The van der Waals surface area contributed by atoms with Crippen molar-refractivity contribution >= 4 is 29.9 Å². The molecule has 1 saturated heterocycles. The molecule has 0 spiro atoms. The standard InChI is InChI=1S/C16H19N3O3S2/c1-11-5-3-4-6-12(11)14-17-19(16(23)22-14)10-18-7-8-24-13(9-18)15(20)21-2/h3-6,13H,7-10H2,1-2H3/t13-/m0/s1. The predicted octanol–water partition coefficient (Wildman–Crippen LogP) is 2.73. The van der Waals surface area contributed by atoms with Crippen molar-refractivity contribution in [2.75, 3.05) is 26.0 Å². The molecule has 0 unspecified atom stereocenters. The van der Waals surface area contributed by atoms with E-state index in [2.05, 4.69) is 10.00 Å². The van der Waals surface area contributed by atoms with E-state index in [1.54, 1.807) is 16.4 Å². The van der Waals surface area contributed by atoms with Crippen LogP contribution in [-0.2, 0) is 16.2 Å². The molecule has 1 aromatic heterocycles. The van der Waals surface area contributed by atoms with E-state index in [-0.39, 0.29) is 11.2 Å². The first-order valence-corrected chi connectivity index (χ1v) is 9.10. The van der Waals surface area contributed by atoms with Gasteiger partial charge in [-0.15, -0.1) is 16.9 Å². The van der Waals surface area contributed by atoms with Gasteiger partial charge in [0.1, 0.15) is 5.25 Å². The second-order valence-electron chi connectivity index (χ2n) is 5.59. The Kier molecular flexibility index (Phi) is 5.37. The van der Waals surface area contributed by atoms with Gasteiger partial charge < -0.3 is 9.15 Å². The van der Waals surface area contributed by atoms with Crippen LogP contribution < -0.4 is 0 Å². The van der Waals surface area contributed by atoms with Gasteiger partial charge in [0.2, 0.25) is 5.89 Å². The highest BCUT2D eigenvalue weighted by atomic mass is 32.2. The van der Waals surface area contributed by atoms with Crippen LogP contribution in [-0.4, -0.2) is 51.9 Å². The fourth-order valence-corrected chi connectivity index (χ4v) is 3.99. The Hall–Kier alpha value is -1.64. The van der Waals surface area contributed by atoms with Gasteiger partial charge in [-0.3, -0.25) is 9.69 Å². The highest BCUT2D eigenvalue weighted by Gasteiger charge is 2.27. The minimum Gasteiger partial charge on any atom is -0.468 e. The quantitative estimate of drug-likeness (QED) is 0.610. The number of aromatic nitrogens is 2. The lowest BCUT2D eigenvalue weighted by Gasteiger charge is -2.30. The smallest absolute Gasteiger partial charge is 0.320 e. The lowest BCUT2D eigenvalue weighted by Crippen LogP contribution is -2.42. The molecular formula is C16H19N3O3S2. The molecule has 0 bridgehead atoms. The number of carbonyl (C=O) groups excluding carboxylic acids is 1. The molecule has 128 valence electrons. The first kappa shape index (κ1) is 17.2. The fourth-order valence-electron chi connectivity index (χ4n) is 2.61. The molecule has 3 rings (SSSR count). The van der Waals surface area contributed by atoms with Crippen LogP contribution in [0.1, 0.15) is 5.56 Å². The Labute approximate surface area is 149 Å². The summed E-state index contributed by atoms with van der Waals surface area (Å²) in [4.78, 5) is 14.2. The van der Waals surface area contributed by atoms with Gasteiger partial charge in [-0.1, -0.05) is 18.2 Å². The van der Waals surface area contributed by atoms with Crippen LogP contribution in [0.25, 0.3) is 11.5 Å². The third-order valence-corrected chi connectivity index (χ3v) is 5.39. The second kappa shape index (κ2) is 7.50. The maximum absolute atomic E-state index is 11.7. The molecule has 24 heavy (non-hydrogen) atoms. The van der Waals surface area contributed by atoms with Crippen LogP contribution >= 0.6 is 24.0 Å². The highest BCUT2D eigenvalue weighted by Crippen LogP contribution is 2.23. The van der Waals surface area contributed by atoms with Gasteiger partial charge in [-0.05, 0) is 30.8 Å². The number of hydrogen-bond acceptors (Lipinski definition) is 7. The lowest BCUT2D eigenvalue weighted by atomic mass is 10.1. The number of methoxy groups -OCH3 is 1. The van der Waals surface area contributed by atoms with Crippen molar-refractivity contribution < 1.29 is 13.9 Å². The summed E-state index contributed by atoms with van der Waals surface area (Å²) in [5, 5.41) is 4.34. The van der Waals surface area contributed by atoms with Gasteiger partial charge in [0.05, 0.1) is 13.8 Å². The van der Waals surface area contributed by atoms with Gasteiger partial charge in [-0.2, -0.15) is 0 Å². The summed E-state index contributed by atoms with van der Waals surface area (Å²) >= 11 is 6.92. The van der Waals surface area contributed by atoms with E-state index in [0.29, 0.717) is 23.9 Å². The normalized spacial score (nSPS) is 18.5. The van der Waals surface area contributed by atoms with E-state index in [4.69, 9.17) is 21.4 Å². The summed E-state index contributed by atoms with van der Waals surface area (Å²) in [6.07, 6.45) is 0. The number of benzene rings is 1. The number of rotatable bonds is 4. The van der Waals surface area contributed by atoms with E-state index < -0.39 is 0 Å². The zero-order valence-electron chi connectivity index (χ0n) is 13.6. The van der Waals surface area contributed by atoms with Crippen molar-refractivity contribution in [1.82, 2.24) is 14.7 Å². The molecule has 1 aliphatic heterocycles. The molecule has 2 aromatic rings. The molecule has 8 heteroatoms. The topological polar surface area (TPSA) is 60.5 Å². The maximum atomic E-state index is 11.7. The molecule has 0 saturated carbocycles. The van der Waals surface area contributed by atoms with Gasteiger partial charge >= 0.3 is 5.97 Å². The number of aryl methyl sites for hydroxylation is 1. The largest absolute Gasteiger partial charge is 0.468 e. The molecule has 2 heterocycles. The van der Waals surface area contributed by atoms with Gasteiger partial charge in [-0.25, -0.2) is 4.68 Å². The summed E-state index contributed by atoms with van der Waals surface area (Å²) in [5.74, 6) is 1.21. The Morgan fingerprint density at radius 1 is 1.50 bits per heavy atom. The maximum Gasteiger partial charge on any atom is 0.320 e. The van der Waals surface area contributed by atoms with Gasteiger partial charge in [0.15, 0.2) is 0 Å². The van der Waals surface area contributed by atoms with E-state index >= 15 is 0 Å². The van der Waals surface area contributed by atoms with Gasteiger partial charge in [0, 0.05) is 24.4 Å². The average molecular weight is 365 g/mol. The predicted molar refractivity (Wildman–Crippen MR) is 95.3 cm³/mol. The van der Waals surface area contributed by atoms with E-state index in [1.807, 2.05) is 31.2 Å². The summed E-state index contributed by atoms with van der Waals surface area (Å²) in [6.45, 7) is 4.00. The highest BCUT2D eigenvalue weighted by molar-refractivity contribution is 8.00. The van der Waals surface area contributed by atoms with Crippen molar-refractivity contribution in [3.63, 3.8) is 0 Å². The monoisotopic (exact) mass is 365 g/mol. The van der Waals surface area contributed by atoms with Gasteiger partial charge in [0.25, 0.3) is 4.84 Å². The Bertz CT molecular complexity index is 787. The van der Waals surface area contributed by atoms with Crippen molar-refractivity contribution in [3.05, 3.63) is 34.7 Å². The Balaban J connectivity index is 1.75. The minimum absolute atomic E-state index is 0.166. The Morgan fingerprint density at radius 3 is 3.04 bits per heavy atom. The zero-order chi connectivity index (χ0) is 17.1. The third-order valence-electron chi connectivity index (χ3n) is 3.93. The summed E-state index contributed by atoms with van der Waals surface area (Å²) < 4.78 is 12.2. The summed E-state index contributed by atoms with van der Waals surface area (Å²) in [5.41, 5.74) is 2.02. The number of hydrogen-bond donors (Lipinski definition) is 0. The molecule has 0 aliphatic carbocycles. The molecule has 1 aromatic carbocycles. The number of nitrogens with zero attached hydrogens (tertiary/aromatic N) is 3.